The molecule has 0 saturated carbocycles. The zero-order valence-electron chi connectivity index (χ0n) is 18.0. The number of hydrogen-bond acceptors (Lipinski definition) is 6. The highest BCUT2D eigenvalue weighted by Crippen LogP contribution is 2.38. The molecule has 0 aliphatic rings. The largest absolute Gasteiger partial charge is 0.416 e. The van der Waals surface area contributed by atoms with Gasteiger partial charge in [0.05, 0.1) is 22.7 Å². The van der Waals surface area contributed by atoms with E-state index in [1.807, 2.05) is 0 Å². The predicted molar refractivity (Wildman–Crippen MR) is 113 cm³/mol. The number of benzene rings is 1. The van der Waals surface area contributed by atoms with Crippen LogP contribution in [0.5, 0.6) is 0 Å². The fourth-order valence-electron chi connectivity index (χ4n) is 3.31. The summed E-state index contributed by atoms with van der Waals surface area (Å²) in [6.07, 6.45) is -7.55. The van der Waals surface area contributed by atoms with Crippen molar-refractivity contribution in [3.8, 4) is 5.69 Å². The van der Waals surface area contributed by atoms with Gasteiger partial charge in [0, 0.05) is 12.3 Å². The van der Waals surface area contributed by atoms with Crippen LogP contribution in [-0.2, 0) is 6.18 Å². The van der Waals surface area contributed by atoms with Crippen LogP contribution in [-0.4, -0.2) is 36.8 Å². The molecule has 3 heterocycles. The molecule has 1 atom stereocenters. The van der Waals surface area contributed by atoms with Gasteiger partial charge in [-0.1, -0.05) is 0 Å². The van der Waals surface area contributed by atoms with Crippen LogP contribution in [0.2, 0.25) is 0 Å². The Labute approximate surface area is 197 Å². The standard InChI is InChI=1S/C21H14F7N7O/c1-9(20(23,24)25)15-16-17(18(29)32-8-31-16)35(34-15)11-2-3-12(13(22)7-11)19(36)33-14-6-10(4-5-30-14)21(26,27)28/h2-9H,1H3,(H2,29,31,32)(H,30,33,36). The first kappa shape index (κ1) is 24.8. The van der Waals surface area contributed by atoms with Gasteiger partial charge in [0.25, 0.3) is 5.91 Å². The number of aromatic nitrogens is 5. The number of hydrogen-bond donors (Lipinski definition) is 2. The predicted octanol–water partition coefficient (Wildman–Crippen LogP) is 4.87. The number of nitrogens with one attached hydrogen (secondary N) is 1. The molecule has 3 aromatic heterocycles. The van der Waals surface area contributed by atoms with Crippen LogP contribution < -0.4 is 11.1 Å². The smallest absolute Gasteiger partial charge is 0.382 e. The molecule has 188 valence electrons. The van der Waals surface area contributed by atoms with Crippen molar-refractivity contribution in [2.45, 2.75) is 25.2 Å². The zero-order chi connectivity index (χ0) is 26.4. The molecule has 1 amide bonds. The number of carbonyl (C=O) groups excluding carboxylic acids is 1. The minimum atomic E-state index is -4.68. The van der Waals surface area contributed by atoms with Crippen molar-refractivity contribution in [3.63, 3.8) is 0 Å². The molecule has 0 aliphatic carbocycles. The molecule has 0 aliphatic heterocycles. The Bertz CT molecular complexity index is 1460. The molecular weight excluding hydrogens is 499 g/mol. The molecule has 3 N–H and O–H groups in total. The maximum absolute atomic E-state index is 14.9. The molecule has 0 bridgehead atoms. The summed E-state index contributed by atoms with van der Waals surface area (Å²) in [5.74, 6) is -4.96. The highest BCUT2D eigenvalue weighted by atomic mass is 19.4. The SMILES string of the molecule is CC(c1nn(-c2ccc(C(=O)Nc3cc(C(F)(F)F)ccn3)c(F)c2)c2c(N)ncnc12)C(F)(F)F. The van der Waals surface area contributed by atoms with Gasteiger partial charge in [0.1, 0.15) is 34.7 Å². The topological polar surface area (TPSA) is 112 Å². The molecule has 1 unspecified atom stereocenters. The first-order valence-corrected chi connectivity index (χ1v) is 9.97. The molecule has 4 aromatic rings. The fraction of sp³-hybridized carbons (Fsp3) is 0.190. The van der Waals surface area contributed by atoms with Crippen molar-refractivity contribution < 1.29 is 35.5 Å². The van der Waals surface area contributed by atoms with E-state index in [9.17, 15) is 35.5 Å². The first-order chi connectivity index (χ1) is 16.8. The van der Waals surface area contributed by atoms with E-state index in [0.29, 0.717) is 12.1 Å². The maximum atomic E-state index is 14.9. The molecule has 1 aromatic carbocycles. The number of fused-ring (bicyclic) bond motifs is 1. The van der Waals surface area contributed by atoms with Crippen molar-refractivity contribution in [1.29, 1.82) is 0 Å². The number of carbonyl (C=O) groups is 1. The van der Waals surface area contributed by atoms with Crippen molar-refractivity contribution in [2.24, 2.45) is 0 Å². The van der Waals surface area contributed by atoms with E-state index in [2.05, 4.69) is 25.4 Å². The number of nitrogen functional groups attached to an aromatic ring is 1. The normalized spacial score (nSPS) is 13.1. The Balaban J connectivity index is 1.71. The fourth-order valence-corrected chi connectivity index (χ4v) is 3.31. The summed E-state index contributed by atoms with van der Waals surface area (Å²) < 4.78 is 94.4. The molecule has 0 saturated heterocycles. The Hall–Kier alpha value is -4.30. The molecular formula is C21H14F7N7O. The van der Waals surface area contributed by atoms with E-state index in [4.69, 9.17) is 5.73 Å². The molecule has 0 radical (unpaired) electrons. The van der Waals surface area contributed by atoms with Crippen LogP contribution in [0.15, 0.2) is 42.9 Å². The number of anilines is 2. The zero-order valence-corrected chi connectivity index (χ0v) is 18.0. The average molecular weight is 513 g/mol. The van der Waals surface area contributed by atoms with Gasteiger partial charge in [-0.25, -0.2) is 24.0 Å². The van der Waals surface area contributed by atoms with Crippen LogP contribution in [0.25, 0.3) is 16.7 Å². The molecule has 8 nitrogen and oxygen atoms in total. The molecule has 15 heteroatoms. The van der Waals surface area contributed by atoms with Gasteiger partial charge in [-0.2, -0.15) is 31.4 Å². The van der Waals surface area contributed by atoms with Gasteiger partial charge in [-0.05, 0) is 31.2 Å². The van der Waals surface area contributed by atoms with Crippen molar-refractivity contribution in [3.05, 3.63) is 65.5 Å². The molecule has 0 spiro atoms. The van der Waals surface area contributed by atoms with Crippen LogP contribution in [0.1, 0.15) is 34.5 Å². The third kappa shape index (κ3) is 4.63. The Kier molecular flexibility index (Phi) is 6.02. The van der Waals surface area contributed by atoms with E-state index in [-0.39, 0.29) is 22.5 Å². The Morgan fingerprint density at radius 3 is 2.42 bits per heavy atom. The third-order valence-electron chi connectivity index (χ3n) is 5.18. The Morgan fingerprint density at radius 1 is 1.06 bits per heavy atom. The average Bonchev–Trinajstić information content (AvgIpc) is 3.18. The highest BCUT2D eigenvalue weighted by Gasteiger charge is 2.41. The van der Waals surface area contributed by atoms with E-state index in [0.717, 1.165) is 36.3 Å². The summed E-state index contributed by atoms with van der Waals surface area (Å²) in [5, 5.41) is 6.00. The summed E-state index contributed by atoms with van der Waals surface area (Å²) in [5.41, 5.74) is 3.32. The number of pyridine rings is 1. The first-order valence-electron chi connectivity index (χ1n) is 9.97. The van der Waals surface area contributed by atoms with Gasteiger partial charge < -0.3 is 11.1 Å². The number of nitrogens with zero attached hydrogens (tertiary/aromatic N) is 5. The van der Waals surface area contributed by atoms with E-state index in [1.54, 1.807) is 0 Å². The molecule has 0 fully saturated rings. The number of rotatable bonds is 4. The number of alkyl halides is 6. The number of nitrogens with two attached hydrogens (primary N) is 1. The van der Waals surface area contributed by atoms with Crippen LogP contribution >= 0.6 is 0 Å². The maximum Gasteiger partial charge on any atom is 0.416 e. The number of amides is 1. The van der Waals surface area contributed by atoms with Crippen LogP contribution in [0.4, 0.5) is 42.4 Å². The molecule has 36 heavy (non-hydrogen) atoms. The van der Waals surface area contributed by atoms with E-state index < -0.39 is 52.6 Å². The minimum Gasteiger partial charge on any atom is -0.382 e. The number of halogens is 7. The lowest BCUT2D eigenvalue weighted by Crippen LogP contribution is -2.19. The van der Waals surface area contributed by atoms with Crippen molar-refractivity contribution in [1.82, 2.24) is 24.7 Å². The summed E-state index contributed by atoms with van der Waals surface area (Å²) in [6.45, 7) is 0.875. The second kappa shape index (κ2) is 8.73. The van der Waals surface area contributed by atoms with Gasteiger partial charge in [0.2, 0.25) is 0 Å². The lowest BCUT2D eigenvalue weighted by atomic mass is 10.1. The monoisotopic (exact) mass is 513 g/mol. The quantitative estimate of drug-likeness (QED) is 0.377. The molecule has 4 rings (SSSR count). The second-order valence-electron chi connectivity index (χ2n) is 7.56. The summed E-state index contributed by atoms with van der Waals surface area (Å²) in [4.78, 5) is 23.7. The summed E-state index contributed by atoms with van der Waals surface area (Å²) in [7, 11) is 0. The Morgan fingerprint density at radius 2 is 1.78 bits per heavy atom. The van der Waals surface area contributed by atoms with Crippen LogP contribution in [0.3, 0.4) is 0 Å². The van der Waals surface area contributed by atoms with Gasteiger partial charge in [-0.15, -0.1) is 0 Å². The van der Waals surface area contributed by atoms with Gasteiger partial charge in [0.15, 0.2) is 5.82 Å². The van der Waals surface area contributed by atoms with Gasteiger partial charge in [-0.3, -0.25) is 4.79 Å². The van der Waals surface area contributed by atoms with E-state index >= 15 is 0 Å². The van der Waals surface area contributed by atoms with E-state index in [1.165, 1.54) is 6.07 Å². The second-order valence-corrected chi connectivity index (χ2v) is 7.56. The lowest BCUT2D eigenvalue weighted by molar-refractivity contribution is -0.146. The third-order valence-corrected chi connectivity index (χ3v) is 5.18. The van der Waals surface area contributed by atoms with Crippen molar-refractivity contribution in [2.75, 3.05) is 11.1 Å². The summed E-state index contributed by atoms with van der Waals surface area (Å²) >= 11 is 0. The lowest BCUT2D eigenvalue weighted by Gasteiger charge is -2.13. The minimum absolute atomic E-state index is 0.103. The van der Waals surface area contributed by atoms with Gasteiger partial charge >= 0.3 is 12.4 Å². The van der Waals surface area contributed by atoms with Crippen LogP contribution in [0, 0.1) is 5.82 Å². The summed E-state index contributed by atoms with van der Waals surface area (Å²) in [6, 6.07) is 4.22. The highest BCUT2D eigenvalue weighted by molar-refractivity contribution is 6.04. The van der Waals surface area contributed by atoms with Crippen molar-refractivity contribution >= 4 is 28.6 Å².